The molecule has 0 radical (unpaired) electrons. The summed E-state index contributed by atoms with van der Waals surface area (Å²) in [7, 11) is 3.19. The zero-order chi connectivity index (χ0) is 18.2. The van der Waals surface area contributed by atoms with Gasteiger partial charge in [0.15, 0.2) is 24.1 Å². The SMILES string of the molecule is CCc1ccc(COCOC2=C(OC)C=CCC2CC)c(OC)c1O. The molecule has 0 spiro atoms. The minimum Gasteiger partial charge on any atom is -0.504 e. The molecule has 5 heteroatoms. The van der Waals surface area contributed by atoms with E-state index in [-0.39, 0.29) is 12.5 Å². The standard InChI is InChI=1S/C20H28O5/c1-5-14-10-11-16(20(23-4)18(14)21)12-24-13-25-19-15(6-2)8-7-9-17(19)22-3/h7,9-11,15,21H,5-6,8,12-13H2,1-4H3. The number of hydrogen-bond acceptors (Lipinski definition) is 5. The molecule has 5 nitrogen and oxygen atoms in total. The van der Waals surface area contributed by atoms with Gasteiger partial charge in [-0.25, -0.2) is 0 Å². The topological polar surface area (TPSA) is 57.2 Å². The minimum atomic E-state index is 0.117. The molecule has 25 heavy (non-hydrogen) atoms. The largest absolute Gasteiger partial charge is 0.504 e. The van der Waals surface area contributed by atoms with Crippen molar-refractivity contribution in [3.05, 3.63) is 46.9 Å². The van der Waals surface area contributed by atoms with Gasteiger partial charge in [0.1, 0.15) is 5.76 Å². The van der Waals surface area contributed by atoms with Crippen LogP contribution in [0.2, 0.25) is 0 Å². The van der Waals surface area contributed by atoms with Gasteiger partial charge < -0.3 is 24.1 Å². The molecular weight excluding hydrogens is 320 g/mol. The van der Waals surface area contributed by atoms with Crippen molar-refractivity contribution in [3.63, 3.8) is 0 Å². The third-order valence-electron chi connectivity index (χ3n) is 4.45. The highest BCUT2D eigenvalue weighted by Crippen LogP contribution is 2.34. The monoisotopic (exact) mass is 348 g/mol. The van der Waals surface area contributed by atoms with Gasteiger partial charge in [-0.05, 0) is 30.9 Å². The average molecular weight is 348 g/mol. The quantitative estimate of drug-likeness (QED) is 0.533. The van der Waals surface area contributed by atoms with Crippen LogP contribution in [0.15, 0.2) is 35.8 Å². The van der Waals surface area contributed by atoms with E-state index >= 15 is 0 Å². The van der Waals surface area contributed by atoms with E-state index in [9.17, 15) is 5.11 Å². The fourth-order valence-electron chi connectivity index (χ4n) is 2.98. The lowest BCUT2D eigenvalue weighted by Crippen LogP contribution is -2.14. The number of aromatic hydroxyl groups is 1. The Morgan fingerprint density at radius 3 is 2.52 bits per heavy atom. The van der Waals surface area contributed by atoms with Gasteiger partial charge in [0, 0.05) is 11.5 Å². The second kappa shape index (κ2) is 9.37. The highest BCUT2D eigenvalue weighted by Gasteiger charge is 2.21. The molecule has 138 valence electrons. The summed E-state index contributed by atoms with van der Waals surface area (Å²) in [6.07, 6.45) is 6.70. The van der Waals surface area contributed by atoms with Crippen molar-refractivity contribution in [2.75, 3.05) is 21.0 Å². The third kappa shape index (κ3) is 4.48. The number of methoxy groups -OCH3 is 2. The second-order valence-electron chi connectivity index (χ2n) is 5.91. The van der Waals surface area contributed by atoms with Crippen molar-refractivity contribution < 1.29 is 24.1 Å². The summed E-state index contributed by atoms with van der Waals surface area (Å²) in [5.74, 6) is 2.54. The van der Waals surface area contributed by atoms with Crippen LogP contribution in [0.5, 0.6) is 11.5 Å². The molecule has 1 atom stereocenters. The second-order valence-corrected chi connectivity index (χ2v) is 5.91. The molecule has 2 rings (SSSR count). The molecule has 0 fully saturated rings. The maximum Gasteiger partial charge on any atom is 0.189 e. The summed E-state index contributed by atoms with van der Waals surface area (Å²) in [5, 5.41) is 10.2. The van der Waals surface area contributed by atoms with Crippen LogP contribution >= 0.6 is 0 Å². The predicted molar refractivity (Wildman–Crippen MR) is 96.4 cm³/mol. The molecule has 0 aliphatic heterocycles. The lowest BCUT2D eigenvalue weighted by Gasteiger charge is -2.23. The Hall–Kier alpha value is -2.14. The number of benzene rings is 1. The van der Waals surface area contributed by atoms with Crippen molar-refractivity contribution in [1.82, 2.24) is 0 Å². The Kier molecular flexibility index (Phi) is 7.19. The summed E-state index contributed by atoms with van der Waals surface area (Å²) >= 11 is 0. The van der Waals surface area contributed by atoms with Crippen molar-refractivity contribution >= 4 is 0 Å². The molecule has 0 aromatic heterocycles. The van der Waals surface area contributed by atoms with Crippen LogP contribution in [0.25, 0.3) is 0 Å². The smallest absolute Gasteiger partial charge is 0.189 e. The van der Waals surface area contributed by atoms with Gasteiger partial charge in [0.25, 0.3) is 0 Å². The minimum absolute atomic E-state index is 0.117. The molecule has 0 amide bonds. The Labute approximate surface area is 149 Å². The number of rotatable bonds is 9. The highest BCUT2D eigenvalue weighted by molar-refractivity contribution is 5.50. The Balaban J connectivity index is 1.98. The van der Waals surface area contributed by atoms with Gasteiger partial charge in [-0.15, -0.1) is 0 Å². The van der Waals surface area contributed by atoms with Crippen LogP contribution in [0, 0.1) is 5.92 Å². The van der Waals surface area contributed by atoms with Gasteiger partial charge >= 0.3 is 0 Å². The van der Waals surface area contributed by atoms with Crippen molar-refractivity contribution in [2.24, 2.45) is 5.92 Å². The first-order valence-electron chi connectivity index (χ1n) is 8.69. The summed E-state index contributed by atoms with van der Waals surface area (Å²) in [6.45, 7) is 4.53. The molecular formula is C20H28O5. The molecule has 0 bridgehead atoms. The summed E-state index contributed by atoms with van der Waals surface area (Å²) in [4.78, 5) is 0. The van der Waals surface area contributed by atoms with E-state index in [1.54, 1.807) is 14.2 Å². The molecule has 1 unspecified atom stereocenters. The molecule has 1 aliphatic rings. The molecule has 0 saturated carbocycles. The number of phenols is 1. The van der Waals surface area contributed by atoms with Gasteiger partial charge in [0.2, 0.25) is 0 Å². The third-order valence-corrected chi connectivity index (χ3v) is 4.45. The van der Waals surface area contributed by atoms with Crippen molar-refractivity contribution in [3.8, 4) is 11.5 Å². The van der Waals surface area contributed by atoms with Crippen LogP contribution in [0.1, 0.15) is 37.8 Å². The molecule has 1 aromatic carbocycles. The van der Waals surface area contributed by atoms with E-state index in [2.05, 4.69) is 13.0 Å². The van der Waals surface area contributed by atoms with Crippen LogP contribution in [0.3, 0.4) is 0 Å². The van der Waals surface area contributed by atoms with Crippen molar-refractivity contribution in [2.45, 2.75) is 39.7 Å². The number of ether oxygens (including phenoxy) is 4. The molecule has 0 heterocycles. The van der Waals surface area contributed by atoms with Crippen LogP contribution in [-0.2, 0) is 27.2 Å². The highest BCUT2D eigenvalue weighted by atomic mass is 16.7. The number of phenolic OH excluding ortho intramolecular Hbond substituents is 1. The van der Waals surface area contributed by atoms with Gasteiger partial charge in [-0.2, -0.15) is 0 Å². The lowest BCUT2D eigenvalue weighted by molar-refractivity contribution is -0.0452. The van der Waals surface area contributed by atoms with E-state index in [1.807, 2.05) is 25.1 Å². The fraction of sp³-hybridized carbons (Fsp3) is 0.500. The molecule has 1 aromatic rings. The van der Waals surface area contributed by atoms with E-state index in [0.717, 1.165) is 41.9 Å². The first-order valence-corrected chi connectivity index (χ1v) is 8.69. The van der Waals surface area contributed by atoms with Gasteiger partial charge in [-0.3, -0.25) is 0 Å². The van der Waals surface area contributed by atoms with E-state index in [4.69, 9.17) is 18.9 Å². The van der Waals surface area contributed by atoms with Gasteiger partial charge in [0.05, 0.1) is 20.8 Å². The van der Waals surface area contributed by atoms with E-state index in [0.29, 0.717) is 18.3 Å². The maximum atomic E-state index is 10.2. The van der Waals surface area contributed by atoms with E-state index < -0.39 is 0 Å². The van der Waals surface area contributed by atoms with Crippen LogP contribution in [0.4, 0.5) is 0 Å². The van der Waals surface area contributed by atoms with Crippen molar-refractivity contribution in [1.29, 1.82) is 0 Å². The fourth-order valence-corrected chi connectivity index (χ4v) is 2.98. The summed E-state index contributed by atoms with van der Waals surface area (Å²) < 4.78 is 22.2. The summed E-state index contributed by atoms with van der Waals surface area (Å²) in [6, 6.07) is 3.80. The molecule has 1 aliphatic carbocycles. The zero-order valence-corrected chi connectivity index (χ0v) is 15.5. The van der Waals surface area contributed by atoms with Gasteiger partial charge in [-0.1, -0.05) is 32.1 Å². The normalized spacial score (nSPS) is 16.9. The predicted octanol–water partition coefficient (Wildman–Crippen LogP) is 4.30. The maximum absolute atomic E-state index is 10.2. The Morgan fingerprint density at radius 1 is 1.12 bits per heavy atom. The zero-order valence-electron chi connectivity index (χ0n) is 15.5. The Morgan fingerprint density at radius 2 is 1.88 bits per heavy atom. The summed E-state index contributed by atoms with van der Waals surface area (Å²) in [5.41, 5.74) is 1.64. The number of hydrogen-bond donors (Lipinski definition) is 1. The number of allylic oxidation sites excluding steroid dienone is 3. The van der Waals surface area contributed by atoms with Crippen LogP contribution < -0.4 is 4.74 Å². The first-order chi connectivity index (χ1) is 12.2. The lowest BCUT2D eigenvalue weighted by atomic mass is 9.95. The molecule has 1 N–H and O–H groups in total. The molecule has 0 saturated heterocycles. The average Bonchev–Trinajstić information content (AvgIpc) is 2.65. The number of aryl methyl sites for hydroxylation is 1. The van der Waals surface area contributed by atoms with Crippen LogP contribution in [-0.4, -0.2) is 26.1 Å². The van der Waals surface area contributed by atoms with E-state index in [1.165, 1.54) is 0 Å². The Bertz CT molecular complexity index is 633. The first kappa shape index (κ1) is 19.2.